The van der Waals surface area contributed by atoms with E-state index in [0.717, 1.165) is 12.1 Å². The Morgan fingerprint density at radius 2 is 1.45 bits per heavy atom. The Morgan fingerprint density at radius 1 is 0.886 bits per heavy atom. The summed E-state index contributed by atoms with van der Waals surface area (Å²) in [5, 5.41) is 10.4. The first-order valence-corrected chi connectivity index (χ1v) is 13.0. The number of hydrogen-bond donors (Lipinski definition) is 4. The van der Waals surface area contributed by atoms with E-state index in [9.17, 15) is 32.3 Å². The van der Waals surface area contributed by atoms with Crippen LogP contribution in [0.5, 0.6) is 11.5 Å². The highest BCUT2D eigenvalue weighted by Crippen LogP contribution is 2.38. The van der Waals surface area contributed by atoms with Gasteiger partial charge >= 0.3 is 18.1 Å². The molecule has 5 N–H and O–H groups in total. The first kappa shape index (κ1) is 31.3. The van der Waals surface area contributed by atoms with Gasteiger partial charge in [-0.25, -0.2) is 4.79 Å². The molecule has 4 rings (SSSR count). The van der Waals surface area contributed by atoms with Crippen molar-refractivity contribution in [3.05, 3.63) is 89.0 Å². The van der Waals surface area contributed by atoms with E-state index in [2.05, 4.69) is 5.32 Å². The van der Waals surface area contributed by atoms with Crippen molar-refractivity contribution in [1.82, 2.24) is 10.4 Å². The minimum atomic E-state index is -5.57. The van der Waals surface area contributed by atoms with Crippen LogP contribution in [0.2, 0.25) is 0 Å². The number of fused-ring (bicyclic) bond motifs is 1. The molecule has 3 aromatic rings. The highest BCUT2D eigenvalue weighted by molar-refractivity contribution is 6.22. The van der Waals surface area contributed by atoms with Gasteiger partial charge in [-0.3, -0.25) is 25.2 Å². The molecule has 3 aromatic carbocycles. The topological polar surface area (TPSA) is 173 Å². The Bertz CT molecular complexity index is 1590. The number of hydrazine groups is 1. The van der Waals surface area contributed by atoms with Crippen LogP contribution in [0.25, 0.3) is 0 Å². The summed E-state index contributed by atoms with van der Waals surface area (Å²) in [5.41, 5.74) is 4.08. The van der Waals surface area contributed by atoms with E-state index in [-0.39, 0.29) is 52.9 Å². The third-order valence-electron chi connectivity index (χ3n) is 6.27. The molecule has 0 spiro atoms. The molecule has 1 unspecified atom stereocenters. The lowest BCUT2D eigenvalue weighted by atomic mass is 9.99. The lowest BCUT2D eigenvalue weighted by molar-refractivity contribution is -0.213. The molecule has 0 aromatic heterocycles. The summed E-state index contributed by atoms with van der Waals surface area (Å²) in [6, 6.07) is 14.4. The van der Waals surface area contributed by atoms with E-state index in [4.69, 9.17) is 25.4 Å². The molecule has 12 nitrogen and oxygen atoms in total. The van der Waals surface area contributed by atoms with Gasteiger partial charge in [-0.1, -0.05) is 12.1 Å². The zero-order chi connectivity index (χ0) is 32.2. The molecule has 1 aliphatic heterocycles. The molecule has 1 atom stereocenters. The highest BCUT2D eigenvalue weighted by Gasteiger charge is 2.53. The van der Waals surface area contributed by atoms with Crippen LogP contribution in [0.15, 0.2) is 66.7 Å². The summed E-state index contributed by atoms with van der Waals surface area (Å²) in [5.74, 6) is -6.42. The first-order valence-electron chi connectivity index (χ1n) is 13.0. The van der Waals surface area contributed by atoms with Crippen molar-refractivity contribution in [2.45, 2.75) is 25.7 Å². The van der Waals surface area contributed by atoms with Crippen molar-refractivity contribution in [3.63, 3.8) is 0 Å². The summed E-state index contributed by atoms with van der Waals surface area (Å²) in [4.78, 5) is 52.5. The average molecular weight is 614 g/mol. The van der Waals surface area contributed by atoms with Crippen molar-refractivity contribution >= 4 is 35.2 Å². The van der Waals surface area contributed by atoms with Crippen molar-refractivity contribution in [1.29, 1.82) is 5.41 Å². The number of carbonyl (C=O) groups is 4. The Kier molecular flexibility index (Phi) is 8.78. The summed E-state index contributed by atoms with van der Waals surface area (Å²) in [6.45, 7) is 3.58. The maximum atomic E-state index is 14.1. The highest BCUT2D eigenvalue weighted by atomic mass is 19.4. The fraction of sp³-hybridized carbons (Fsp3) is 0.207. The molecule has 1 aliphatic rings. The molecule has 0 bridgehead atoms. The van der Waals surface area contributed by atoms with Crippen LogP contribution >= 0.6 is 0 Å². The Balaban J connectivity index is 1.90. The van der Waals surface area contributed by atoms with Gasteiger partial charge in [0.1, 0.15) is 5.84 Å². The van der Waals surface area contributed by atoms with Crippen LogP contribution in [-0.2, 0) is 20.1 Å². The van der Waals surface area contributed by atoms with Gasteiger partial charge < -0.3 is 25.3 Å². The molecule has 0 aliphatic carbocycles. The number of ether oxygens (including phenoxy) is 3. The van der Waals surface area contributed by atoms with E-state index in [0.29, 0.717) is 5.01 Å². The van der Waals surface area contributed by atoms with Gasteiger partial charge in [-0.15, -0.1) is 0 Å². The number of nitrogen functional groups attached to an aromatic ring is 1. The summed E-state index contributed by atoms with van der Waals surface area (Å²) < 4.78 is 57.0. The quantitative estimate of drug-likeness (QED) is 0.0830. The number of halogens is 3. The van der Waals surface area contributed by atoms with E-state index >= 15 is 0 Å². The lowest BCUT2D eigenvalue weighted by Gasteiger charge is -2.35. The molecule has 0 fully saturated rings. The van der Waals surface area contributed by atoms with Crippen LogP contribution < -0.4 is 25.9 Å². The number of benzene rings is 3. The van der Waals surface area contributed by atoms with Gasteiger partial charge in [0.25, 0.3) is 17.5 Å². The summed E-state index contributed by atoms with van der Waals surface area (Å²) in [7, 11) is 0. The smallest absolute Gasteiger partial charge is 0.490 e. The molecule has 3 amide bonds. The fourth-order valence-electron chi connectivity index (χ4n) is 4.27. The second kappa shape index (κ2) is 12.3. The zero-order valence-corrected chi connectivity index (χ0v) is 23.3. The maximum Gasteiger partial charge on any atom is 0.491 e. The fourth-order valence-corrected chi connectivity index (χ4v) is 4.27. The summed E-state index contributed by atoms with van der Waals surface area (Å²) >= 11 is 0. The van der Waals surface area contributed by atoms with Crippen molar-refractivity contribution in [3.8, 4) is 11.5 Å². The number of nitrogens with zero attached hydrogens (tertiary/aromatic N) is 1. The van der Waals surface area contributed by atoms with E-state index in [1.165, 1.54) is 54.6 Å². The summed E-state index contributed by atoms with van der Waals surface area (Å²) in [6.07, 6.45) is -5.57. The largest absolute Gasteiger partial charge is 0.491 e. The van der Waals surface area contributed by atoms with E-state index in [1.54, 1.807) is 13.8 Å². The van der Waals surface area contributed by atoms with Gasteiger partial charge in [0.2, 0.25) is 0 Å². The predicted octanol–water partition coefficient (Wildman–Crippen LogP) is 3.47. The molecule has 0 saturated heterocycles. The number of nitrogens with two attached hydrogens (primary N) is 1. The molecular formula is C29H26F3N5O7. The maximum absolute atomic E-state index is 14.1. The average Bonchev–Trinajstić information content (AvgIpc) is 3.22. The molecule has 44 heavy (non-hydrogen) atoms. The normalized spacial score (nSPS) is 13.9. The van der Waals surface area contributed by atoms with Crippen LogP contribution in [0.3, 0.4) is 0 Å². The molecule has 0 radical (unpaired) electrons. The van der Waals surface area contributed by atoms with E-state index < -0.39 is 41.2 Å². The molecule has 15 heteroatoms. The van der Waals surface area contributed by atoms with Gasteiger partial charge in [-0.2, -0.15) is 18.2 Å². The number of alkyl halides is 3. The first-order chi connectivity index (χ1) is 20.8. The number of esters is 1. The van der Waals surface area contributed by atoms with Gasteiger partial charge in [0, 0.05) is 16.8 Å². The number of amidine groups is 1. The number of carbonyl (C=O) groups excluding carboxylic acids is 4. The number of rotatable bonds is 11. The molecule has 230 valence electrons. The van der Waals surface area contributed by atoms with Crippen LogP contribution in [0, 0.1) is 5.41 Å². The zero-order valence-electron chi connectivity index (χ0n) is 23.3. The second-order valence-electron chi connectivity index (χ2n) is 9.14. The Morgan fingerprint density at radius 3 is 1.98 bits per heavy atom. The number of anilines is 1. The van der Waals surface area contributed by atoms with Gasteiger partial charge in [0.05, 0.1) is 24.3 Å². The van der Waals surface area contributed by atoms with Gasteiger partial charge in [0.15, 0.2) is 11.5 Å². The van der Waals surface area contributed by atoms with E-state index in [1.807, 2.05) is 5.43 Å². The SMILES string of the molecule is CCOc1ccc(C(Nc2ccc(C(=N)N)cc2)(OC(=O)C(F)(F)F)C(=O)NN2C(=O)c3ccccc3C2=O)cc1OCC. The number of amides is 3. The third-order valence-corrected chi connectivity index (χ3v) is 6.27. The molecule has 1 heterocycles. The van der Waals surface area contributed by atoms with Crippen molar-refractivity contribution in [2.75, 3.05) is 18.5 Å². The minimum Gasteiger partial charge on any atom is -0.490 e. The Hall–Kier alpha value is -5.60. The number of hydrogen-bond acceptors (Lipinski definition) is 9. The van der Waals surface area contributed by atoms with Crippen molar-refractivity contribution < 1.29 is 46.6 Å². The number of imide groups is 1. The van der Waals surface area contributed by atoms with Crippen LogP contribution in [-0.4, -0.2) is 53.9 Å². The number of nitrogens with one attached hydrogen (secondary N) is 3. The minimum absolute atomic E-state index is 0.0125. The standard InChI is InChI=1S/C29H26F3N5O7/c1-3-42-21-14-11-17(15-22(21)43-4-2)28(44-27(41)29(30,31)32,35-18-12-9-16(10-13-18)23(33)34)26(40)36-37-24(38)19-7-5-6-8-20(19)25(37)39/h5-15,35H,3-4H2,1-2H3,(H3,33,34)(H,36,40). The van der Waals surface area contributed by atoms with Crippen molar-refractivity contribution in [2.24, 2.45) is 5.73 Å². The lowest BCUT2D eigenvalue weighted by Crippen LogP contribution is -2.59. The van der Waals surface area contributed by atoms with Gasteiger partial charge in [-0.05, 0) is 68.4 Å². The molecule has 0 saturated carbocycles. The predicted molar refractivity (Wildman–Crippen MR) is 149 cm³/mol. The van der Waals surface area contributed by atoms with Crippen LogP contribution in [0.4, 0.5) is 18.9 Å². The molecular weight excluding hydrogens is 587 g/mol. The monoisotopic (exact) mass is 613 g/mol. The Labute approximate surface area is 248 Å². The second-order valence-corrected chi connectivity index (χ2v) is 9.14. The third kappa shape index (κ3) is 6.11. The van der Waals surface area contributed by atoms with Crippen LogP contribution in [0.1, 0.15) is 45.7 Å².